The summed E-state index contributed by atoms with van der Waals surface area (Å²) in [5.74, 6) is 0.754. The van der Waals surface area contributed by atoms with Crippen LogP contribution in [0.3, 0.4) is 0 Å². The number of aryl methyl sites for hydroxylation is 1. The fourth-order valence-corrected chi connectivity index (χ4v) is 3.67. The van der Waals surface area contributed by atoms with Gasteiger partial charge >= 0.3 is 6.01 Å². The molecule has 0 bridgehead atoms. The first-order chi connectivity index (χ1) is 16.6. The van der Waals surface area contributed by atoms with Crippen LogP contribution in [0.2, 0.25) is 0 Å². The number of unbranched alkanes of at least 4 members (excludes halogenated alkanes) is 4. The number of rotatable bonds is 14. The molecule has 1 heterocycles. The molecule has 0 atom stereocenters. The molecule has 2 aromatic carbocycles. The molecule has 7 nitrogen and oxygen atoms in total. The average Bonchev–Trinajstić information content (AvgIpc) is 3.26. The Hall–Kier alpha value is -3.19. The van der Waals surface area contributed by atoms with Gasteiger partial charge in [0.15, 0.2) is 5.82 Å². The Morgan fingerprint density at radius 2 is 1.74 bits per heavy atom. The summed E-state index contributed by atoms with van der Waals surface area (Å²) in [6.07, 6.45) is 6.20. The van der Waals surface area contributed by atoms with Crippen molar-refractivity contribution in [3.63, 3.8) is 0 Å². The Balaban J connectivity index is 1.72. The predicted molar refractivity (Wildman–Crippen MR) is 136 cm³/mol. The molecular formula is C27H36N4O3. The van der Waals surface area contributed by atoms with E-state index in [4.69, 9.17) is 9.47 Å². The van der Waals surface area contributed by atoms with E-state index in [1.165, 1.54) is 19.3 Å². The van der Waals surface area contributed by atoms with Gasteiger partial charge in [0.05, 0.1) is 12.3 Å². The van der Waals surface area contributed by atoms with Crippen molar-refractivity contribution >= 4 is 11.6 Å². The van der Waals surface area contributed by atoms with Crippen LogP contribution < -0.4 is 10.1 Å². The summed E-state index contributed by atoms with van der Waals surface area (Å²) < 4.78 is 12.8. The van der Waals surface area contributed by atoms with Gasteiger partial charge in [-0.05, 0) is 50.1 Å². The van der Waals surface area contributed by atoms with Crippen LogP contribution in [0.5, 0.6) is 6.01 Å². The fourth-order valence-electron chi connectivity index (χ4n) is 3.67. The number of hydrogen-bond acceptors (Lipinski definition) is 5. The van der Waals surface area contributed by atoms with Crippen LogP contribution in [-0.2, 0) is 9.53 Å². The molecule has 0 radical (unpaired) electrons. The van der Waals surface area contributed by atoms with Crippen molar-refractivity contribution in [2.75, 3.05) is 25.1 Å². The predicted octanol–water partition coefficient (Wildman–Crippen LogP) is 5.96. The van der Waals surface area contributed by atoms with E-state index in [1.807, 2.05) is 62.4 Å². The molecule has 0 saturated carbocycles. The second-order valence-electron chi connectivity index (χ2n) is 8.25. The molecule has 182 valence electrons. The van der Waals surface area contributed by atoms with Crippen LogP contribution in [0.4, 0.5) is 5.69 Å². The summed E-state index contributed by atoms with van der Waals surface area (Å²) in [6.45, 7) is 7.69. The number of benzene rings is 2. The van der Waals surface area contributed by atoms with Gasteiger partial charge in [0.25, 0.3) is 0 Å². The lowest BCUT2D eigenvalue weighted by Crippen LogP contribution is -2.11. The fraction of sp³-hybridized carbons (Fsp3) is 0.444. The third kappa shape index (κ3) is 7.42. The van der Waals surface area contributed by atoms with Crippen LogP contribution >= 0.6 is 0 Å². The zero-order valence-electron chi connectivity index (χ0n) is 20.5. The van der Waals surface area contributed by atoms with Gasteiger partial charge in [-0.2, -0.15) is 4.98 Å². The van der Waals surface area contributed by atoms with Gasteiger partial charge in [0.1, 0.15) is 6.61 Å². The van der Waals surface area contributed by atoms with Gasteiger partial charge < -0.3 is 14.8 Å². The molecule has 1 aromatic heterocycles. The van der Waals surface area contributed by atoms with E-state index in [2.05, 4.69) is 22.3 Å². The largest absolute Gasteiger partial charge is 0.460 e. The Bertz CT molecular complexity index is 1030. The summed E-state index contributed by atoms with van der Waals surface area (Å²) in [5, 5.41) is 7.58. The molecular weight excluding hydrogens is 428 g/mol. The highest BCUT2D eigenvalue weighted by Gasteiger charge is 2.16. The zero-order chi connectivity index (χ0) is 24.2. The van der Waals surface area contributed by atoms with E-state index < -0.39 is 0 Å². The van der Waals surface area contributed by atoms with Crippen molar-refractivity contribution in [1.82, 2.24) is 14.8 Å². The number of aromatic nitrogens is 3. The van der Waals surface area contributed by atoms with Gasteiger partial charge in [-0.1, -0.05) is 56.9 Å². The van der Waals surface area contributed by atoms with E-state index in [0.717, 1.165) is 35.3 Å². The number of nitrogens with zero attached hydrogens (tertiary/aromatic N) is 3. The maximum atomic E-state index is 12.3. The van der Waals surface area contributed by atoms with Crippen molar-refractivity contribution in [3.05, 3.63) is 54.1 Å². The first-order valence-electron chi connectivity index (χ1n) is 12.3. The number of hydrogen-bond donors (Lipinski definition) is 1. The molecule has 1 amide bonds. The van der Waals surface area contributed by atoms with Crippen LogP contribution in [-0.4, -0.2) is 40.5 Å². The topological polar surface area (TPSA) is 78.3 Å². The first kappa shape index (κ1) is 25.4. The minimum Gasteiger partial charge on any atom is -0.460 e. The van der Waals surface area contributed by atoms with Gasteiger partial charge in [-0.25, -0.2) is 4.68 Å². The molecule has 3 rings (SSSR count). The van der Waals surface area contributed by atoms with Crippen LogP contribution in [0, 0.1) is 6.92 Å². The quantitative estimate of drug-likeness (QED) is 0.298. The molecule has 34 heavy (non-hydrogen) atoms. The Labute approximate surface area is 202 Å². The minimum absolute atomic E-state index is 0.0515. The van der Waals surface area contributed by atoms with Crippen molar-refractivity contribution in [3.8, 4) is 23.1 Å². The van der Waals surface area contributed by atoms with Crippen molar-refractivity contribution in [2.45, 2.75) is 59.3 Å². The van der Waals surface area contributed by atoms with Gasteiger partial charge in [-0.3, -0.25) is 4.79 Å². The minimum atomic E-state index is 0.0515. The molecule has 0 fully saturated rings. The van der Waals surface area contributed by atoms with E-state index in [-0.39, 0.29) is 5.91 Å². The third-order valence-corrected chi connectivity index (χ3v) is 5.54. The summed E-state index contributed by atoms with van der Waals surface area (Å²) in [7, 11) is 0. The van der Waals surface area contributed by atoms with Crippen LogP contribution in [0.25, 0.3) is 17.1 Å². The van der Waals surface area contributed by atoms with Crippen LogP contribution in [0.1, 0.15) is 57.9 Å². The summed E-state index contributed by atoms with van der Waals surface area (Å²) in [4.78, 5) is 16.9. The van der Waals surface area contributed by atoms with E-state index in [9.17, 15) is 4.79 Å². The second kappa shape index (κ2) is 13.5. The smallest absolute Gasteiger partial charge is 0.336 e. The Morgan fingerprint density at radius 3 is 2.47 bits per heavy atom. The number of anilines is 1. The molecule has 0 aliphatic rings. The van der Waals surface area contributed by atoms with E-state index >= 15 is 0 Å². The van der Waals surface area contributed by atoms with Crippen molar-refractivity contribution < 1.29 is 14.3 Å². The molecule has 0 spiro atoms. The van der Waals surface area contributed by atoms with E-state index in [0.29, 0.717) is 38.1 Å². The lowest BCUT2D eigenvalue weighted by molar-refractivity contribution is -0.116. The molecule has 3 aromatic rings. The average molecular weight is 465 g/mol. The third-order valence-electron chi connectivity index (χ3n) is 5.54. The highest BCUT2D eigenvalue weighted by atomic mass is 16.5. The molecule has 0 aliphatic heterocycles. The Morgan fingerprint density at radius 1 is 0.971 bits per heavy atom. The van der Waals surface area contributed by atoms with E-state index in [1.54, 1.807) is 4.68 Å². The SMILES string of the molecule is CCCCCCCC(=O)Nc1ccc(-n2nc(OCCOCC)nc2-c2ccccc2C)cc1. The maximum Gasteiger partial charge on any atom is 0.336 e. The monoisotopic (exact) mass is 464 g/mol. The summed E-state index contributed by atoms with van der Waals surface area (Å²) in [6, 6.07) is 16.0. The highest BCUT2D eigenvalue weighted by Crippen LogP contribution is 2.27. The summed E-state index contributed by atoms with van der Waals surface area (Å²) in [5.41, 5.74) is 3.69. The standard InChI is InChI=1S/C27H36N4O3/c1-4-6-7-8-9-14-25(32)28-22-15-17-23(18-16-22)31-26(24-13-11-10-12-21(24)3)29-27(30-31)34-20-19-33-5-2/h10-13,15-18H,4-9,14,19-20H2,1-3H3,(H,28,32). The maximum absolute atomic E-state index is 12.3. The number of amides is 1. The molecule has 0 unspecified atom stereocenters. The zero-order valence-corrected chi connectivity index (χ0v) is 20.5. The molecule has 7 heteroatoms. The van der Waals surface area contributed by atoms with Gasteiger partial charge in [-0.15, -0.1) is 5.10 Å². The lowest BCUT2D eigenvalue weighted by Gasteiger charge is -2.09. The second-order valence-corrected chi connectivity index (χ2v) is 8.25. The van der Waals surface area contributed by atoms with Gasteiger partial charge in [0.2, 0.25) is 5.91 Å². The first-order valence-corrected chi connectivity index (χ1v) is 12.3. The number of carbonyl (C=O) groups is 1. The molecule has 0 aliphatic carbocycles. The molecule has 1 N–H and O–H groups in total. The number of carbonyl (C=O) groups excluding carboxylic acids is 1. The lowest BCUT2D eigenvalue weighted by atomic mass is 10.1. The number of ether oxygens (including phenoxy) is 2. The normalized spacial score (nSPS) is 10.9. The molecule has 0 saturated heterocycles. The van der Waals surface area contributed by atoms with Crippen molar-refractivity contribution in [1.29, 1.82) is 0 Å². The Kier molecular flexibility index (Phi) is 10.1. The van der Waals surface area contributed by atoms with Crippen LogP contribution in [0.15, 0.2) is 48.5 Å². The van der Waals surface area contributed by atoms with Crippen molar-refractivity contribution in [2.24, 2.45) is 0 Å². The highest BCUT2D eigenvalue weighted by molar-refractivity contribution is 5.90. The van der Waals surface area contributed by atoms with Gasteiger partial charge in [0, 0.05) is 24.3 Å². The number of nitrogens with one attached hydrogen (secondary N) is 1. The summed E-state index contributed by atoms with van der Waals surface area (Å²) >= 11 is 0.